The number of carbonyl (C=O) groups is 2. The number of nitrogens with zero attached hydrogens (tertiary/aromatic N) is 2. The number of hydrogen-bond acceptors (Lipinski definition) is 5. The lowest BCUT2D eigenvalue weighted by molar-refractivity contribution is -0.127. The van der Waals surface area contributed by atoms with Gasteiger partial charge in [-0.15, -0.1) is 0 Å². The van der Waals surface area contributed by atoms with Crippen LogP contribution in [0.25, 0.3) is 0 Å². The number of halogens is 1. The summed E-state index contributed by atoms with van der Waals surface area (Å²) in [6.45, 7) is 1.38. The topological polar surface area (TPSA) is 73.9 Å². The lowest BCUT2D eigenvalue weighted by Gasteiger charge is -2.33. The van der Waals surface area contributed by atoms with Crippen LogP contribution in [0.1, 0.15) is 19.3 Å². The first-order valence-corrected chi connectivity index (χ1v) is 7.55. The average molecular weight is 318 g/mol. The molecule has 4 atom stereocenters. The molecule has 3 aliphatic rings. The van der Waals surface area contributed by atoms with Crippen molar-refractivity contribution in [3.63, 3.8) is 0 Å². The number of hydrogen-bond donors (Lipinski definition) is 3. The summed E-state index contributed by atoms with van der Waals surface area (Å²) in [4.78, 5) is 26.0. The molecule has 118 valence electrons. The van der Waals surface area contributed by atoms with Crippen molar-refractivity contribution < 1.29 is 18.3 Å². The second kappa shape index (κ2) is 5.98. The van der Waals surface area contributed by atoms with E-state index in [9.17, 15) is 14.0 Å². The molecule has 0 aliphatic carbocycles. The van der Waals surface area contributed by atoms with Crippen LogP contribution < -0.4 is 10.6 Å². The quantitative estimate of drug-likeness (QED) is 0.500. The molecule has 0 aromatic heterocycles. The average Bonchev–Trinajstić information content (AvgIpc) is 2.73. The second-order valence-electron chi connectivity index (χ2n) is 5.71. The number of hydroxylamine groups is 2. The van der Waals surface area contributed by atoms with E-state index in [0.29, 0.717) is 32.4 Å². The minimum atomic E-state index is -1.09. The SMILES string of the molecule is O=C(N[C@H]1CCNC[C@@H]1F)[C@@H]1CC[C@@H]2CN1C(=O)N2OS. The Hall–Kier alpha value is -1.06. The van der Waals surface area contributed by atoms with Crippen LogP contribution in [0.3, 0.4) is 0 Å². The molecule has 3 heterocycles. The van der Waals surface area contributed by atoms with Gasteiger partial charge in [-0.25, -0.2) is 13.5 Å². The molecule has 21 heavy (non-hydrogen) atoms. The Morgan fingerprint density at radius 3 is 2.95 bits per heavy atom. The van der Waals surface area contributed by atoms with Gasteiger partial charge in [0.15, 0.2) is 0 Å². The van der Waals surface area contributed by atoms with Gasteiger partial charge in [0.2, 0.25) is 5.91 Å². The van der Waals surface area contributed by atoms with Crippen molar-refractivity contribution in [3.05, 3.63) is 0 Å². The molecule has 3 saturated heterocycles. The fourth-order valence-corrected chi connectivity index (χ4v) is 3.48. The third-order valence-corrected chi connectivity index (χ3v) is 4.63. The fraction of sp³-hybridized carbons (Fsp3) is 0.833. The molecule has 0 saturated carbocycles. The number of piperidine rings is 2. The molecule has 9 heteroatoms. The van der Waals surface area contributed by atoms with Crippen molar-refractivity contribution >= 4 is 24.8 Å². The summed E-state index contributed by atoms with van der Waals surface area (Å²) in [6.07, 6.45) is 0.692. The molecule has 3 aliphatic heterocycles. The van der Waals surface area contributed by atoms with Gasteiger partial charge >= 0.3 is 6.03 Å². The monoisotopic (exact) mass is 318 g/mol. The molecule has 2 N–H and O–H groups in total. The van der Waals surface area contributed by atoms with Gasteiger partial charge in [0, 0.05) is 26.0 Å². The van der Waals surface area contributed by atoms with E-state index >= 15 is 0 Å². The minimum Gasteiger partial charge on any atom is -0.349 e. The van der Waals surface area contributed by atoms with Crippen LogP contribution in [0, 0.1) is 0 Å². The highest BCUT2D eigenvalue weighted by molar-refractivity contribution is 7.75. The molecule has 3 amide bonds. The van der Waals surface area contributed by atoms with Crippen LogP contribution in [0.2, 0.25) is 0 Å². The number of thiol groups is 1. The van der Waals surface area contributed by atoms with Crippen molar-refractivity contribution in [1.82, 2.24) is 20.6 Å². The molecule has 0 spiro atoms. The van der Waals surface area contributed by atoms with E-state index < -0.39 is 18.3 Å². The van der Waals surface area contributed by atoms with Gasteiger partial charge in [-0.05, 0) is 25.8 Å². The summed E-state index contributed by atoms with van der Waals surface area (Å²) in [7, 11) is 0. The van der Waals surface area contributed by atoms with Gasteiger partial charge in [0.1, 0.15) is 12.2 Å². The molecule has 0 aromatic carbocycles. The third-order valence-electron chi connectivity index (χ3n) is 4.45. The smallest absolute Gasteiger partial charge is 0.345 e. The fourth-order valence-electron chi connectivity index (χ4n) is 3.27. The summed E-state index contributed by atoms with van der Waals surface area (Å²) in [5.41, 5.74) is 0. The van der Waals surface area contributed by atoms with Crippen LogP contribution in [-0.4, -0.2) is 65.8 Å². The zero-order valence-corrected chi connectivity index (χ0v) is 12.4. The molecule has 0 radical (unpaired) electrons. The number of carbonyl (C=O) groups excluding carboxylic acids is 2. The molecular weight excluding hydrogens is 299 g/mol. The zero-order chi connectivity index (χ0) is 15.0. The molecule has 2 bridgehead atoms. The zero-order valence-electron chi connectivity index (χ0n) is 11.5. The number of nitrogens with one attached hydrogen (secondary N) is 2. The Balaban J connectivity index is 1.64. The minimum absolute atomic E-state index is 0.0631. The van der Waals surface area contributed by atoms with Gasteiger partial charge in [-0.1, -0.05) is 0 Å². The molecule has 0 unspecified atom stereocenters. The van der Waals surface area contributed by atoms with Crippen molar-refractivity contribution in [1.29, 1.82) is 0 Å². The van der Waals surface area contributed by atoms with Crippen molar-refractivity contribution in [2.24, 2.45) is 0 Å². The van der Waals surface area contributed by atoms with Gasteiger partial charge in [-0.3, -0.25) is 4.79 Å². The van der Waals surface area contributed by atoms with Crippen LogP contribution in [0.4, 0.5) is 9.18 Å². The number of urea groups is 1. The number of amides is 3. The maximum Gasteiger partial charge on any atom is 0.345 e. The number of alkyl halides is 1. The highest BCUT2D eigenvalue weighted by Gasteiger charge is 2.48. The first-order valence-electron chi connectivity index (χ1n) is 7.18. The second-order valence-corrected chi connectivity index (χ2v) is 5.88. The Bertz CT molecular complexity index is 441. The van der Waals surface area contributed by atoms with Crippen molar-refractivity contribution in [3.8, 4) is 0 Å². The summed E-state index contributed by atoms with van der Waals surface area (Å²) in [5, 5.41) is 6.88. The van der Waals surface area contributed by atoms with E-state index in [-0.39, 0.29) is 24.5 Å². The van der Waals surface area contributed by atoms with E-state index in [1.54, 1.807) is 0 Å². The third kappa shape index (κ3) is 2.69. The first-order chi connectivity index (χ1) is 10.1. The normalized spacial score (nSPS) is 36.0. The molecule has 3 fully saturated rings. The summed E-state index contributed by atoms with van der Waals surface area (Å²) in [5.74, 6) is -0.280. The maximum atomic E-state index is 13.8. The Morgan fingerprint density at radius 1 is 1.43 bits per heavy atom. The molecule has 7 nitrogen and oxygen atoms in total. The van der Waals surface area contributed by atoms with Crippen molar-refractivity contribution in [2.45, 2.75) is 43.6 Å². The van der Waals surface area contributed by atoms with Gasteiger partial charge in [0.05, 0.1) is 12.1 Å². The van der Waals surface area contributed by atoms with Crippen LogP contribution in [0.15, 0.2) is 0 Å². The summed E-state index contributed by atoms with van der Waals surface area (Å²) < 4.78 is 18.5. The Labute approximate surface area is 127 Å². The van der Waals surface area contributed by atoms with E-state index in [1.165, 1.54) is 9.96 Å². The molecule has 0 aromatic rings. The summed E-state index contributed by atoms with van der Waals surface area (Å²) >= 11 is 3.68. The maximum absolute atomic E-state index is 13.8. The predicted octanol–water partition coefficient (Wildman–Crippen LogP) is -0.152. The Morgan fingerprint density at radius 2 is 2.24 bits per heavy atom. The van der Waals surface area contributed by atoms with E-state index in [4.69, 9.17) is 4.28 Å². The molecule has 3 rings (SSSR count). The lowest BCUT2D eigenvalue weighted by atomic mass is 9.98. The van der Waals surface area contributed by atoms with Gasteiger partial charge < -0.3 is 15.5 Å². The lowest BCUT2D eigenvalue weighted by Crippen LogP contribution is -2.56. The van der Waals surface area contributed by atoms with Gasteiger partial charge in [-0.2, -0.15) is 5.06 Å². The first kappa shape index (κ1) is 14.9. The van der Waals surface area contributed by atoms with Gasteiger partial charge in [0.25, 0.3) is 0 Å². The summed E-state index contributed by atoms with van der Waals surface area (Å²) in [6, 6.07) is -1.45. The van der Waals surface area contributed by atoms with Crippen LogP contribution >= 0.6 is 12.9 Å². The highest BCUT2D eigenvalue weighted by Crippen LogP contribution is 2.30. The van der Waals surface area contributed by atoms with Crippen LogP contribution in [0.5, 0.6) is 0 Å². The predicted molar refractivity (Wildman–Crippen MR) is 75.1 cm³/mol. The standard InChI is InChI=1S/C12H19FN4O3S/c13-8-5-14-4-3-9(8)15-11(18)10-2-1-7-6-16(10)12(19)17(7)20-21/h7-10,14,21H,1-6H2,(H,15,18)/t7-,8+,9+,10+/m1/s1. The largest absolute Gasteiger partial charge is 0.349 e. The van der Waals surface area contributed by atoms with E-state index in [1.807, 2.05) is 0 Å². The molecular formula is C12H19FN4O3S. The van der Waals surface area contributed by atoms with E-state index in [0.717, 1.165) is 0 Å². The highest BCUT2D eigenvalue weighted by atomic mass is 32.1. The number of fused-ring (bicyclic) bond motifs is 2. The van der Waals surface area contributed by atoms with Crippen molar-refractivity contribution in [2.75, 3.05) is 19.6 Å². The Kier molecular flexibility index (Phi) is 4.23. The van der Waals surface area contributed by atoms with Crippen LogP contribution in [-0.2, 0) is 9.08 Å². The number of rotatable bonds is 3. The van der Waals surface area contributed by atoms with E-state index in [2.05, 4.69) is 23.5 Å².